The van der Waals surface area contributed by atoms with Crippen molar-refractivity contribution in [2.45, 2.75) is 25.9 Å². The lowest BCUT2D eigenvalue weighted by Crippen LogP contribution is -2.16. The molecule has 0 aromatic carbocycles. The molecule has 6 heteroatoms. The van der Waals surface area contributed by atoms with E-state index in [2.05, 4.69) is 22.2 Å². The minimum Gasteiger partial charge on any atom is -0.354 e. The van der Waals surface area contributed by atoms with Crippen LogP contribution in [0.5, 0.6) is 0 Å². The number of hydrogen-bond donors (Lipinski definition) is 1. The molecule has 1 aromatic rings. The maximum absolute atomic E-state index is 12.4. The highest BCUT2D eigenvalue weighted by Crippen LogP contribution is 2.36. The van der Waals surface area contributed by atoms with Gasteiger partial charge in [0, 0.05) is 12.7 Å². The van der Waals surface area contributed by atoms with Crippen LogP contribution in [0.2, 0.25) is 0 Å². The molecule has 1 aromatic heterocycles. The summed E-state index contributed by atoms with van der Waals surface area (Å²) in [5, 5.41) is 2.86. The molecule has 3 nitrogen and oxygen atoms in total. The molecule has 0 spiro atoms. The molecule has 0 aliphatic heterocycles. The van der Waals surface area contributed by atoms with Crippen LogP contribution in [0.3, 0.4) is 0 Å². The third-order valence-electron chi connectivity index (χ3n) is 2.95. The summed E-state index contributed by atoms with van der Waals surface area (Å²) in [5.41, 5.74) is -0.908. The molecule has 1 aliphatic rings. The highest BCUT2D eigenvalue weighted by atomic mass is 19.4. The zero-order chi connectivity index (χ0) is 12.5. The number of hydrogen-bond acceptors (Lipinski definition) is 3. The first-order chi connectivity index (χ1) is 7.97. The average Bonchev–Trinajstić information content (AvgIpc) is 3.09. The maximum Gasteiger partial charge on any atom is 0.433 e. The Labute approximate surface area is 97.5 Å². The molecule has 0 amide bonds. The smallest absolute Gasteiger partial charge is 0.354 e. The minimum absolute atomic E-state index is 0.0484. The Hall–Kier alpha value is -1.33. The molecule has 1 heterocycles. The predicted octanol–water partition coefficient (Wildman–Crippen LogP) is 2.95. The average molecular weight is 245 g/mol. The fourth-order valence-electron chi connectivity index (χ4n) is 1.69. The molecule has 0 bridgehead atoms. The normalized spacial score (nSPS) is 17.9. The molecule has 1 fully saturated rings. The van der Waals surface area contributed by atoms with E-state index in [0.29, 0.717) is 18.4 Å². The topological polar surface area (TPSA) is 37.8 Å². The largest absolute Gasteiger partial charge is 0.433 e. The van der Waals surface area contributed by atoms with Crippen LogP contribution in [0.15, 0.2) is 12.3 Å². The first-order valence-electron chi connectivity index (χ1n) is 5.61. The first kappa shape index (κ1) is 12.1. The Balaban J connectivity index is 1.96. The van der Waals surface area contributed by atoms with Gasteiger partial charge in [0.1, 0.15) is 5.69 Å². The second-order valence-corrected chi connectivity index (χ2v) is 4.46. The van der Waals surface area contributed by atoms with Gasteiger partial charge in [0.05, 0.1) is 0 Å². The van der Waals surface area contributed by atoms with Gasteiger partial charge in [0.25, 0.3) is 0 Å². The van der Waals surface area contributed by atoms with Gasteiger partial charge in [0.15, 0.2) is 0 Å². The molecular formula is C11H14F3N3. The van der Waals surface area contributed by atoms with E-state index in [1.54, 1.807) is 0 Å². The van der Waals surface area contributed by atoms with Crippen molar-refractivity contribution in [1.29, 1.82) is 0 Å². The molecule has 94 valence electrons. The first-order valence-corrected chi connectivity index (χ1v) is 5.61. The second kappa shape index (κ2) is 4.50. The third-order valence-corrected chi connectivity index (χ3v) is 2.95. The van der Waals surface area contributed by atoms with Crippen molar-refractivity contribution in [3.05, 3.63) is 18.0 Å². The van der Waals surface area contributed by atoms with Crippen molar-refractivity contribution >= 4 is 5.95 Å². The fraction of sp³-hybridized carbons (Fsp3) is 0.636. The molecule has 1 atom stereocenters. The van der Waals surface area contributed by atoms with E-state index >= 15 is 0 Å². The molecule has 1 N–H and O–H groups in total. The van der Waals surface area contributed by atoms with Gasteiger partial charge in [-0.1, -0.05) is 6.92 Å². The molecule has 2 rings (SSSR count). The van der Waals surface area contributed by atoms with E-state index in [0.717, 1.165) is 12.3 Å². The molecule has 17 heavy (non-hydrogen) atoms. The minimum atomic E-state index is -4.42. The van der Waals surface area contributed by atoms with E-state index in [1.807, 2.05) is 0 Å². The van der Waals surface area contributed by atoms with Crippen molar-refractivity contribution in [1.82, 2.24) is 9.97 Å². The lowest BCUT2D eigenvalue weighted by molar-refractivity contribution is -0.141. The van der Waals surface area contributed by atoms with Gasteiger partial charge in [-0.3, -0.25) is 0 Å². The summed E-state index contributed by atoms with van der Waals surface area (Å²) in [4.78, 5) is 7.23. The van der Waals surface area contributed by atoms with Gasteiger partial charge in [-0.15, -0.1) is 0 Å². The zero-order valence-electron chi connectivity index (χ0n) is 9.46. The Morgan fingerprint density at radius 1 is 1.47 bits per heavy atom. The lowest BCUT2D eigenvalue weighted by Gasteiger charge is -2.12. The van der Waals surface area contributed by atoms with E-state index in [9.17, 15) is 13.2 Å². The number of nitrogens with one attached hydrogen (secondary N) is 1. The molecule has 0 saturated heterocycles. The fourth-order valence-corrected chi connectivity index (χ4v) is 1.69. The molecule has 1 unspecified atom stereocenters. The van der Waals surface area contributed by atoms with Crippen LogP contribution in [0.1, 0.15) is 25.5 Å². The number of halogens is 3. The van der Waals surface area contributed by atoms with Crippen LogP contribution >= 0.6 is 0 Å². The summed E-state index contributed by atoms with van der Waals surface area (Å²) in [6.45, 7) is 2.70. The Morgan fingerprint density at radius 2 is 2.18 bits per heavy atom. The van der Waals surface area contributed by atoms with E-state index < -0.39 is 11.9 Å². The van der Waals surface area contributed by atoms with Gasteiger partial charge >= 0.3 is 6.18 Å². The monoisotopic (exact) mass is 245 g/mol. The molecular weight excluding hydrogens is 231 g/mol. The van der Waals surface area contributed by atoms with Gasteiger partial charge in [-0.2, -0.15) is 13.2 Å². The summed E-state index contributed by atoms with van der Waals surface area (Å²) >= 11 is 0. The summed E-state index contributed by atoms with van der Waals surface area (Å²) in [6.07, 6.45) is -0.861. The summed E-state index contributed by atoms with van der Waals surface area (Å²) < 4.78 is 37.2. The Kier molecular flexibility index (Phi) is 3.22. The summed E-state index contributed by atoms with van der Waals surface area (Å²) in [6, 6.07) is 0.871. The molecule has 1 aliphatic carbocycles. The number of rotatable bonds is 4. The number of aromatic nitrogens is 2. The Bertz CT molecular complexity index is 388. The molecule has 0 radical (unpaired) electrons. The third kappa shape index (κ3) is 3.31. The van der Waals surface area contributed by atoms with Crippen molar-refractivity contribution in [2.75, 3.05) is 11.9 Å². The van der Waals surface area contributed by atoms with Crippen LogP contribution in [-0.2, 0) is 6.18 Å². The van der Waals surface area contributed by atoms with Crippen LogP contribution < -0.4 is 5.32 Å². The van der Waals surface area contributed by atoms with E-state index in [4.69, 9.17) is 0 Å². The van der Waals surface area contributed by atoms with E-state index in [1.165, 1.54) is 12.8 Å². The quantitative estimate of drug-likeness (QED) is 0.886. The molecule has 1 saturated carbocycles. The standard InChI is InChI=1S/C11H14F3N3/c1-7(8-2-3-8)6-16-10-15-5-4-9(17-10)11(12,13)14/h4-5,7-8H,2-3,6H2,1H3,(H,15,16,17). The van der Waals surface area contributed by atoms with Gasteiger partial charge < -0.3 is 5.32 Å². The van der Waals surface area contributed by atoms with Crippen LogP contribution in [-0.4, -0.2) is 16.5 Å². The SMILES string of the molecule is CC(CNc1nccc(C(F)(F)F)n1)C1CC1. The van der Waals surface area contributed by atoms with Crippen LogP contribution in [0.4, 0.5) is 19.1 Å². The van der Waals surface area contributed by atoms with Crippen molar-refractivity contribution in [3.63, 3.8) is 0 Å². The number of nitrogens with zero attached hydrogens (tertiary/aromatic N) is 2. The lowest BCUT2D eigenvalue weighted by atomic mass is 10.1. The van der Waals surface area contributed by atoms with Crippen molar-refractivity contribution in [3.8, 4) is 0 Å². The summed E-state index contributed by atoms with van der Waals surface area (Å²) in [5.74, 6) is 1.20. The van der Waals surface area contributed by atoms with E-state index in [-0.39, 0.29) is 5.95 Å². The zero-order valence-corrected chi connectivity index (χ0v) is 9.46. The highest BCUT2D eigenvalue weighted by Gasteiger charge is 2.33. The van der Waals surface area contributed by atoms with Crippen molar-refractivity contribution in [2.24, 2.45) is 11.8 Å². The van der Waals surface area contributed by atoms with Crippen LogP contribution in [0.25, 0.3) is 0 Å². The summed E-state index contributed by atoms with van der Waals surface area (Å²) in [7, 11) is 0. The number of anilines is 1. The second-order valence-electron chi connectivity index (χ2n) is 4.46. The predicted molar refractivity (Wildman–Crippen MR) is 57.4 cm³/mol. The number of alkyl halides is 3. The van der Waals surface area contributed by atoms with Gasteiger partial charge in [-0.25, -0.2) is 9.97 Å². The van der Waals surface area contributed by atoms with Crippen LogP contribution in [0, 0.1) is 11.8 Å². The highest BCUT2D eigenvalue weighted by molar-refractivity contribution is 5.26. The van der Waals surface area contributed by atoms with Gasteiger partial charge in [-0.05, 0) is 30.7 Å². The maximum atomic E-state index is 12.4. The van der Waals surface area contributed by atoms with Crippen molar-refractivity contribution < 1.29 is 13.2 Å². The van der Waals surface area contributed by atoms with Gasteiger partial charge in [0.2, 0.25) is 5.95 Å². The Morgan fingerprint density at radius 3 is 2.76 bits per heavy atom.